The van der Waals surface area contributed by atoms with Crippen LogP contribution in [0, 0.1) is 23.4 Å². The number of aliphatic carboxylic acids is 1. The van der Waals surface area contributed by atoms with Crippen molar-refractivity contribution < 1.29 is 31.5 Å². The van der Waals surface area contributed by atoms with E-state index in [1.54, 1.807) is 0 Å². The molecule has 0 radical (unpaired) electrons. The highest BCUT2D eigenvalue weighted by molar-refractivity contribution is 7.89. The van der Waals surface area contributed by atoms with E-state index < -0.39 is 44.3 Å². The van der Waals surface area contributed by atoms with E-state index in [0.717, 1.165) is 4.31 Å². The summed E-state index contributed by atoms with van der Waals surface area (Å²) < 4.78 is 64.3. The average Bonchev–Trinajstić information content (AvgIpc) is 2.83. The lowest BCUT2D eigenvalue weighted by atomic mass is 10.1. The minimum absolute atomic E-state index is 0.0832. The first-order valence-electron chi connectivity index (χ1n) is 5.61. The Morgan fingerprint density at radius 2 is 1.80 bits per heavy atom. The quantitative estimate of drug-likeness (QED) is 0.851. The number of carbonyl (C=O) groups is 1. The van der Waals surface area contributed by atoms with Gasteiger partial charge in [-0.2, -0.15) is 4.31 Å². The molecule has 0 aromatic heterocycles. The molecule has 1 aliphatic rings. The van der Waals surface area contributed by atoms with Crippen LogP contribution in [-0.4, -0.2) is 36.9 Å². The van der Waals surface area contributed by atoms with Crippen LogP contribution < -0.4 is 0 Å². The predicted octanol–water partition coefficient (Wildman–Crippen LogP) is 1.20. The van der Waals surface area contributed by atoms with E-state index in [-0.39, 0.29) is 31.6 Å². The van der Waals surface area contributed by atoms with Crippen molar-refractivity contribution in [2.45, 2.75) is 11.3 Å². The number of nitrogens with zero attached hydrogens (tertiary/aromatic N) is 1. The Morgan fingerprint density at radius 1 is 1.20 bits per heavy atom. The van der Waals surface area contributed by atoms with E-state index in [2.05, 4.69) is 0 Å². The summed E-state index contributed by atoms with van der Waals surface area (Å²) in [5, 5.41) is 8.80. The Labute approximate surface area is 112 Å². The fraction of sp³-hybridized carbons (Fsp3) is 0.364. The molecule has 1 aliphatic heterocycles. The summed E-state index contributed by atoms with van der Waals surface area (Å²) in [5.74, 6) is -6.44. The predicted molar refractivity (Wildman–Crippen MR) is 60.8 cm³/mol. The summed E-state index contributed by atoms with van der Waals surface area (Å²) in [6, 6.07) is 0.404. The van der Waals surface area contributed by atoms with Crippen molar-refractivity contribution in [3.05, 3.63) is 29.6 Å². The molecule has 0 saturated carbocycles. The third-order valence-electron chi connectivity index (χ3n) is 3.09. The first-order chi connectivity index (χ1) is 9.23. The lowest BCUT2D eigenvalue weighted by molar-refractivity contribution is -0.141. The number of rotatable bonds is 3. The van der Waals surface area contributed by atoms with Crippen LogP contribution in [0.2, 0.25) is 0 Å². The lowest BCUT2D eigenvalue weighted by Crippen LogP contribution is -2.30. The molecule has 1 N–H and O–H groups in total. The van der Waals surface area contributed by atoms with Crippen molar-refractivity contribution in [3.63, 3.8) is 0 Å². The first kappa shape index (κ1) is 14.8. The van der Waals surface area contributed by atoms with Crippen LogP contribution in [0.4, 0.5) is 13.2 Å². The van der Waals surface area contributed by atoms with Gasteiger partial charge in [-0.3, -0.25) is 4.79 Å². The molecule has 1 saturated heterocycles. The molecule has 2 rings (SSSR count). The molecule has 5 nitrogen and oxygen atoms in total. The monoisotopic (exact) mass is 309 g/mol. The van der Waals surface area contributed by atoms with Crippen LogP contribution in [0.5, 0.6) is 0 Å². The number of carboxylic acid groups (broad SMARTS) is 1. The minimum atomic E-state index is -4.39. The van der Waals surface area contributed by atoms with Crippen LogP contribution in [0.15, 0.2) is 17.0 Å². The van der Waals surface area contributed by atoms with Crippen molar-refractivity contribution >= 4 is 16.0 Å². The van der Waals surface area contributed by atoms with Gasteiger partial charge in [0.1, 0.15) is 10.7 Å². The molecule has 1 aromatic rings. The van der Waals surface area contributed by atoms with E-state index in [1.165, 1.54) is 0 Å². The highest BCUT2D eigenvalue weighted by Crippen LogP contribution is 2.27. The van der Waals surface area contributed by atoms with Gasteiger partial charge in [0.25, 0.3) is 0 Å². The molecule has 1 heterocycles. The Morgan fingerprint density at radius 3 is 2.35 bits per heavy atom. The van der Waals surface area contributed by atoms with Crippen LogP contribution in [-0.2, 0) is 14.8 Å². The van der Waals surface area contributed by atoms with Crippen LogP contribution in [0.1, 0.15) is 6.42 Å². The molecular formula is C11H10F3NO4S. The molecule has 0 aliphatic carbocycles. The molecule has 1 atom stereocenters. The van der Waals surface area contributed by atoms with Crippen LogP contribution >= 0.6 is 0 Å². The molecule has 1 aromatic carbocycles. The zero-order valence-electron chi connectivity index (χ0n) is 10.0. The van der Waals surface area contributed by atoms with Crippen molar-refractivity contribution in [2.24, 2.45) is 5.92 Å². The molecule has 0 spiro atoms. The van der Waals surface area contributed by atoms with Crippen molar-refractivity contribution in [3.8, 4) is 0 Å². The Hall–Kier alpha value is -1.61. The van der Waals surface area contributed by atoms with Crippen molar-refractivity contribution in [1.82, 2.24) is 4.31 Å². The highest BCUT2D eigenvalue weighted by atomic mass is 32.2. The third kappa shape index (κ3) is 2.50. The van der Waals surface area contributed by atoms with Crippen molar-refractivity contribution in [2.75, 3.05) is 13.1 Å². The molecule has 0 amide bonds. The Bertz CT molecular complexity index is 662. The van der Waals surface area contributed by atoms with Crippen molar-refractivity contribution in [1.29, 1.82) is 0 Å². The smallest absolute Gasteiger partial charge is 0.307 e. The Kier molecular flexibility index (Phi) is 3.74. The number of carboxylic acids is 1. The second-order valence-electron chi connectivity index (χ2n) is 4.38. The van der Waals surface area contributed by atoms with Gasteiger partial charge in [0.15, 0.2) is 11.6 Å². The maximum absolute atomic E-state index is 13.5. The van der Waals surface area contributed by atoms with Crippen LogP contribution in [0.25, 0.3) is 0 Å². The van der Waals surface area contributed by atoms with Gasteiger partial charge in [-0.15, -0.1) is 0 Å². The molecule has 1 unspecified atom stereocenters. The zero-order chi connectivity index (χ0) is 15.1. The minimum Gasteiger partial charge on any atom is -0.481 e. The largest absolute Gasteiger partial charge is 0.481 e. The molecule has 1 fully saturated rings. The third-order valence-corrected chi connectivity index (χ3v) is 4.97. The van der Waals surface area contributed by atoms with Crippen LogP contribution in [0.3, 0.4) is 0 Å². The van der Waals surface area contributed by atoms with E-state index in [4.69, 9.17) is 5.11 Å². The van der Waals surface area contributed by atoms with Gasteiger partial charge in [-0.05, 0) is 12.5 Å². The second kappa shape index (κ2) is 5.06. The number of hydrogen-bond donors (Lipinski definition) is 1. The second-order valence-corrected chi connectivity index (χ2v) is 6.29. The SMILES string of the molecule is O=C(O)C1CCN(S(=O)(=O)c2cc(F)c(F)cc2F)C1. The fourth-order valence-electron chi connectivity index (χ4n) is 1.99. The first-order valence-corrected chi connectivity index (χ1v) is 7.05. The van der Waals surface area contributed by atoms with Gasteiger partial charge in [0.05, 0.1) is 5.92 Å². The standard InChI is InChI=1S/C11H10F3NO4S/c12-7-3-9(14)10(4-8(7)13)20(18,19)15-2-1-6(5-15)11(16)17/h3-4,6H,1-2,5H2,(H,16,17). The van der Waals surface area contributed by atoms with Gasteiger partial charge in [-0.1, -0.05) is 0 Å². The van der Waals surface area contributed by atoms with E-state index in [1.807, 2.05) is 0 Å². The van der Waals surface area contributed by atoms with E-state index in [9.17, 15) is 26.4 Å². The molecule has 110 valence electrons. The maximum Gasteiger partial charge on any atom is 0.307 e. The summed E-state index contributed by atoms with van der Waals surface area (Å²) in [5.41, 5.74) is 0. The molecule has 9 heteroatoms. The van der Waals surface area contributed by atoms with Gasteiger partial charge in [-0.25, -0.2) is 21.6 Å². The molecular weight excluding hydrogens is 299 g/mol. The topological polar surface area (TPSA) is 74.7 Å². The normalized spacial score (nSPS) is 20.2. The zero-order valence-corrected chi connectivity index (χ0v) is 10.8. The van der Waals surface area contributed by atoms with Gasteiger partial charge in [0.2, 0.25) is 10.0 Å². The molecule has 20 heavy (non-hydrogen) atoms. The van der Waals surface area contributed by atoms with Gasteiger partial charge >= 0.3 is 5.97 Å². The summed E-state index contributed by atoms with van der Waals surface area (Å²) in [7, 11) is -4.39. The number of benzene rings is 1. The fourth-order valence-corrected chi connectivity index (χ4v) is 3.55. The number of halogens is 3. The summed E-state index contributed by atoms with van der Waals surface area (Å²) in [6.45, 7) is -0.437. The summed E-state index contributed by atoms with van der Waals surface area (Å²) >= 11 is 0. The highest BCUT2D eigenvalue weighted by Gasteiger charge is 2.37. The number of sulfonamides is 1. The summed E-state index contributed by atoms with van der Waals surface area (Å²) in [4.78, 5) is 9.77. The van der Waals surface area contributed by atoms with E-state index in [0.29, 0.717) is 0 Å². The average molecular weight is 309 g/mol. The molecule has 0 bridgehead atoms. The maximum atomic E-state index is 13.5. The number of hydrogen-bond acceptors (Lipinski definition) is 3. The Balaban J connectivity index is 2.37. The summed E-state index contributed by atoms with van der Waals surface area (Å²) in [6.07, 6.45) is 0.0832. The lowest BCUT2D eigenvalue weighted by Gasteiger charge is -2.16. The van der Waals surface area contributed by atoms with E-state index >= 15 is 0 Å². The van der Waals surface area contributed by atoms with Gasteiger partial charge < -0.3 is 5.11 Å². The van der Waals surface area contributed by atoms with Gasteiger partial charge in [0, 0.05) is 19.2 Å².